The molecule has 1 amide bonds. The van der Waals surface area contributed by atoms with Crippen LogP contribution < -0.4 is 10.6 Å². The number of anilines is 1. The van der Waals surface area contributed by atoms with Gasteiger partial charge in [0.1, 0.15) is 23.4 Å². The Kier molecular flexibility index (Phi) is 8.21. The molecular formula is C30H30FN3O4. The lowest BCUT2D eigenvalue weighted by atomic mass is 9.97. The third kappa shape index (κ3) is 6.45. The minimum atomic E-state index is -1.14. The second-order valence-corrected chi connectivity index (χ2v) is 9.25. The van der Waals surface area contributed by atoms with Gasteiger partial charge >= 0.3 is 5.97 Å². The van der Waals surface area contributed by atoms with Crippen LogP contribution in [0.2, 0.25) is 0 Å². The number of carboxylic acids is 1. The maximum absolute atomic E-state index is 13.8. The first-order valence-corrected chi connectivity index (χ1v) is 12.4. The SMILES string of the molecule is CCc1cc(F)cc(C)c1C(=O)NC(Cc1ccc(-c2coc(CNc3cc(C)ccn3)c2)cc1)C(=O)O. The molecule has 2 aromatic heterocycles. The summed E-state index contributed by atoms with van der Waals surface area (Å²) >= 11 is 0. The number of aryl methyl sites for hydroxylation is 3. The second kappa shape index (κ2) is 11.7. The fraction of sp³-hybridized carbons (Fsp3) is 0.233. The van der Waals surface area contributed by atoms with Crippen molar-refractivity contribution in [1.29, 1.82) is 0 Å². The number of rotatable bonds is 10. The molecule has 0 bridgehead atoms. The maximum atomic E-state index is 13.8. The van der Waals surface area contributed by atoms with Gasteiger partial charge in [-0.15, -0.1) is 0 Å². The molecule has 0 spiro atoms. The quantitative estimate of drug-likeness (QED) is 0.250. The van der Waals surface area contributed by atoms with E-state index in [-0.39, 0.29) is 6.42 Å². The highest BCUT2D eigenvalue weighted by Gasteiger charge is 2.24. The Morgan fingerprint density at radius 3 is 2.50 bits per heavy atom. The first-order chi connectivity index (χ1) is 18.2. The van der Waals surface area contributed by atoms with Crippen LogP contribution in [0.5, 0.6) is 0 Å². The van der Waals surface area contributed by atoms with Crippen LogP contribution in [0.3, 0.4) is 0 Å². The molecule has 2 aromatic carbocycles. The average Bonchev–Trinajstić information content (AvgIpc) is 3.36. The molecule has 38 heavy (non-hydrogen) atoms. The molecule has 2 heterocycles. The number of nitrogens with one attached hydrogen (secondary N) is 2. The van der Waals surface area contributed by atoms with Crippen LogP contribution in [0.15, 0.2) is 71.5 Å². The fourth-order valence-corrected chi connectivity index (χ4v) is 4.35. The molecule has 3 N–H and O–H groups in total. The Morgan fingerprint density at radius 2 is 1.82 bits per heavy atom. The Morgan fingerprint density at radius 1 is 1.05 bits per heavy atom. The van der Waals surface area contributed by atoms with Gasteiger partial charge in [0.2, 0.25) is 0 Å². The number of amides is 1. The van der Waals surface area contributed by atoms with E-state index >= 15 is 0 Å². The zero-order valence-corrected chi connectivity index (χ0v) is 21.5. The van der Waals surface area contributed by atoms with Crippen LogP contribution in [0.1, 0.15) is 45.3 Å². The normalized spacial score (nSPS) is 11.7. The monoisotopic (exact) mass is 515 g/mol. The molecule has 196 valence electrons. The predicted molar refractivity (Wildman–Crippen MR) is 144 cm³/mol. The summed E-state index contributed by atoms with van der Waals surface area (Å²) < 4.78 is 19.5. The molecule has 0 aliphatic carbocycles. The molecular weight excluding hydrogens is 485 g/mol. The van der Waals surface area contributed by atoms with Gasteiger partial charge in [0, 0.05) is 23.7 Å². The standard InChI is InChI=1S/C30H30FN3O4/c1-4-21-14-24(31)12-19(3)28(21)29(35)34-26(30(36)37)13-20-5-7-22(8-6-20)23-15-25(38-17-23)16-33-27-11-18(2)9-10-32-27/h5-12,14-15,17,26H,4,13,16H2,1-3H3,(H,32,33)(H,34,35)(H,36,37). The maximum Gasteiger partial charge on any atom is 0.326 e. The van der Waals surface area contributed by atoms with Gasteiger partial charge in [0.25, 0.3) is 5.91 Å². The van der Waals surface area contributed by atoms with Crippen molar-refractivity contribution in [3.05, 3.63) is 106 Å². The number of pyridine rings is 1. The number of hydrogen-bond acceptors (Lipinski definition) is 5. The van der Waals surface area contributed by atoms with E-state index in [2.05, 4.69) is 15.6 Å². The Balaban J connectivity index is 1.41. The summed E-state index contributed by atoms with van der Waals surface area (Å²) in [5.74, 6) is -0.564. The van der Waals surface area contributed by atoms with Gasteiger partial charge in [0.05, 0.1) is 12.8 Å². The number of carboxylic acid groups (broad SMARTS) is 1. The van der Waals surface area contributed by atoms with Crippen LogP contribution in [0.4, 0.5) is 10.2 Å². The lowest BCUT2D eigenvalue weighted by Crippen LogP contribution is -2.42. The minimum absolute atomic E-state index is 0.104. The smallest absolute Gasteiger partial charge is 0.326 e. The van der Waals surface area contributed by atoms with Crippen molar-refractivity contribution in [2.75, 3.05) is 5.32 Å². The first-order valence-electron chi connectivity index (χ1n) is 12.4. The van der Waals surface area contributed by atoms with E-state index in [4.69, 9.17) is 4.42 Å². The number of hydrogen-bond donors (Lipinski definition) is 3. The van der Waals surface area contributed by atoms with E-state index in [1.54, 1.807) is 19.4 Å². The first kappa shape index (κ1) is 26.6. The van der Waals surface area contributed by atoms with E-state index < -0.39 is 23.7 Å². The predicted octanol–water partition coefficient (Wildman–Crippen LogP) is 5.70. The zero-order chi connectivity index (χ0) is 27.2. The van der Waals surface area contributed by atoms with Crippen molar-refractivity contribution in [3.63, 3.8) is 0 Å². The van der Waals surface area contributed by atoms with E-state index in [0.717, 1.165) is 33.8 Å². The third-order valence-electron chi connectivity index (χ3n) is 6.33. The number of nitrogens with zero attached hydrogens (tertiary/aromatic N) is 1. The molecule has 0 saturated carbocycles. The zero-order valence-electron chi connectivity index (χ0n) is 21.5. The van der Waals surface area contributed by atoms with Crippen molar-refractivity contribution >= 4 is 17.7 Å². The van der Waals surface area contributed by atoms with Gasteiger partial charge in [-0.1, -0.05) is 31.2 Å². The molecule has 7 nitrogen and oxygen atoms in total. The molecule has 8 heteroatoms. The number of halogens is 1. The van der Waals surface area contributed by atoms with Gasteiger partial charge in [-0.2, -0.15) is 0 Å². The average molecular weight is 516 g/mol. The summed E-state index contributed by atoms with van der Waals surface area (Å²) in [4.78, 5) is 29.2. The number of carbonyl (C=O) groups excluding carboxylic acids is 1. The van der Waals surface area contributed by atoms with Gasteiger partial charge in [0.15, 0.2) is 0 Å². The van der Waals surface area contributed by atoms with Crippen LogP contribution in [-0.4, -0.2) is 28.0 Å². The van der Waals surface area contributed by atoms with Gasteiger partial charge in [-0.05, 0) is 78.4 Å². The molecule has 0 aliphatic rings. The van der Waals surface area contributed by atoms with Crippen molar-refractivity contribution in [2.45, 2.75) is 46.2 Å². The van der Waals surface area contributed by atoms with E-state index in [1.165, 1.54) is 12.1 Å². The Labute approximate surface area is 220 Å². The molecule has 1 unspecified atom stereocenters. The molecule has 4 rings (SSSR count). The highest BCUT2D eigenvalue weighted by Crippen LogP contribution is 2.24. The lowest BCUT2D eigenvalue weighted by molar-refractivity contribution is -0.139. The molecule has 0 fully saturated rings. The van der Waals surface area contributed by atoms with Crippen LogP contribution >= 0.6 is 0 Å². The summed E-state index contributed by atoms with van der Waals surface area (Å²) in [6, 6.07) is 14.7. The minimum Gasteiger partial charge on any atom is -0.480 e. The topological polar surface area (TPSA) is 104 Å². The highest BCUT2D eigenvalue weighted by atomic mass is 19.1. The van der Waals surface area contributed by atoms with Gasteiger partial charge in [-0.3, -0.25) is 4.79 Å². The molecule has 4 aromatic rings. The molecule has 1 atom stereocenters. The summed E-state index contributed by atoms with van der Waals surface area (Å²) in [6.45, 7) is 5.95. The summed E-state index contributed by atoms with van der Waals surface area (Å²) in [5, 5.41) is 15.6. The molecule has 0 aliphatic heterocycles. The van der Waals surface area contributed by atoms with Gasteiger partial charge < -0.3 is 20.2 Å². The number of furan rings is 1. The number of carbonyl (C=O) groups is 2. The highest BCUT2D eigenvalue weighted by molar-refractivity contribution is 5.99. The second-order valence-electron chi connectivity index (χ2n) is 9.25. The van der Waals surface area contributed by atoms with Crippen LogP contribution in [-0.2, 0) is 24.2 Å². The summed E-state index contributed by atoms with van der Waals surface area (Å²) in [7, 11) is 0. The molecule has 0 saturated heterocycles. The van der Waals surface area contributed by atoms with Crippen LogP contribution in [0.25, 0.3) is 11.1 Å². The number of aliphatic carboxylic acids is 1. The lowest BCUT2D eigenvalue weighted by Gasteiger charge is -2.17. The van der Waals surface area contributed by atoms with Crippen molar-refractivity contribution < 1.29 is 23.5 Å². The Bertz CT molecular complexity index is 1450. The number of benzene rings is 2. The van der Waals surface area contributed by atoms with Crippen LogP contribution in [0, 0.1) is 19.7 Å². The fourth-order valence-electron chi connectivity index (χ4n) is 4.35. The van der Waals surface area contributed by atoms with E-state index in [9.17, 15) is 19.1 Å². The largest absolute Gasteiger partial charge is 0.480 e. The van der Waals surface area contributed by atoms with E-state index in [0.29, 0.717) is 29.7 Å². The van der Waals surface area contributed by atoms with Crippen molar-refractivity contribution in [2.24, 2.45) is 0 Å². The summed E-state index contributed by atoms with van der Waals surface area (Å²) in [5.41, 5.74) is 5.01. The number of aromatic nitrogens is 1. The molecule has 0 radical (unpaired) electrons. The van der Waals surface area contributed by atoms with Gasteiger partial charge in [-0.25, -0.2) is 14.2 Å². The van der Waals surface area contributed by atoms with E-state index in [1.807, 2.05) is 56.3 Å². The Hall–Kier alpha value is -4.46. The third-order valence-corrected chi connectivity index (χ3v) is 6.33. The van der Waals surface area contributed by atoms with Crippen molar-refractivity contribution in [3.8, 4) is 11.1 Å². The van der Waals surface area contributed by atoms with Crippen molar-refractivity contribution in [1.82, 2.24) is 10.3 Å². The summed E-state index contributed by atoms with van der Waals surface area (Å²) in [6.07, 6.45) is 3.98.